The summed E-state index contributed by atoms with van der Waals surface area (Å²) in [6.45, 7) is 6.60. The van der Waals surface area contributed by atoms with E-state index >= 15 is 0 Å². The fourth-order valence-corrected chi connectivity index (χ4v) is 3.92. The molecule has 1 aliphatic heterocycles. The lowest BCUT2D eigenvalue weighted by Crippen LogP contribution is -2.44. The van der Waals surface area contributed by atoms with E-state index in [9.17, 15) is 14.0 Å². The molecule has 0 radical (unpaired) electrons. The number of amides is 2. The zero-order chi connectivity index (χ0) is 22.1. The normalized spacial score (nSPS) is 14.6. The van der Waals surface area contributed by atoms with Crippen LogP contribution in [0.3, 0.4) is 0 Å². The summed E-state index contributed by atoms with van der Waals surface area (Å²) >= 11 is 0. The highest BCUT2D eigenvalue weighted by Gasteiger charge is 2.28. The fourth-order valence-electron chi connectivity index (χ4n) is 3.92. The minimum atomic E-state index is -0.772. The standard InChI is InChI=1S/C22H25FN6O2/c1-14-12-24-28(13-14)18-6-8-27(9-7-18)22(31)21(30)25-17-4-5-20(19(23)11-17)29-16(3)10-15(2)26-29/h4-5,10-13,18H,6-9H2,1-3H3,(H,25,30). The van der Waals surface area contributed by atoms with Gasteiger partial charge in [0.15, 0.2) is 5.82 Å². The van der Waals surface area contributed by atoms with Crippen LogP contribution in [0.4, 0.5) is 10.1 Å². The predicted octanol–water partition coefficient (Wildman–Crippen LogP) is 2.94. The lowest BCUT2D eigenvalue weighted by Gasteiger charge is -2.31. The van der Waals surface area contributed by atoms with E-state index in [-0.39, 0.29) is 17.4 Å². The molecule has 2 aromatic heterocycles. The molecule has 1 aliphatic rings. The van der Waals surface area contributed by atoms with Gasteiger partial charge in [0.1, 0.15) is 5.69 Å². The number of likely N-dealkylation sites (tertiary alicyclic amines) is 1. The van der Waals surface area contributed by atoms with E-state index in [1.807, 2.05) is 43.9 Å². The van der Waals surface area contributed by atoms with Gasteiger partial charge in [-0.1, -0.05) is 0 Å². The van der Waals surface area contributed by atoms with Crippen LogP contribution in [0.2, 0.25) is 0 Å². The van der Waals surface area contributed by atoms with Gasteiger partial charge in [0.05, 0.1) is 17.9 Å². The number of anilines is 1. The molecule has 8 nitrogen and oxygen atoms in total. The summed E-state index contributed by atoms with van der Waals surface area (Å²) in [5, 5.41) is 11.1. The van der Waals surface area contributed by atoms with Gasteiger partial charge < -0.3 is 10.2 Å². The van der Waals surface area contributed by atoms with Crippen LogP contribution in [0.1, 0.15) is 35.8 Å². The molecule has 162 valence electrons. The maximum Gasteiger partial charge on any atom is 0.313 e. The molecule has 0 spiro atoms. The Hall–Kier alpha value is -3.49. The molecule has 0 saturated carbocycles. The summed E-state index contributed by atoms with van der Waals surface area (Å²) < 4.78 is 18.0. The highest BCUT2D eigenvalue weighted by molar-refractivity contribution is 6.39. The van der Waals surface area contributed by atoms with Gasteiger partial charge in [-0.25, -0.2) is 9.07 Å². The maximum absolute atomic E-state index is 14.6. The first-order valence-electron chi connectivity index (χ1n) is 10.3. The molecule has 3 heterocycles. The number of aromatic nitrogens is 4. The van der Waals surface area contributed by atoms with Gasteiger partial charge in [-0.3, -0.25) is 14.3 Å². The topological polar surface area (TPSA) is 85.0 Å². The summed E-state index contributed by atoms with van der Waals surface area (Å²) in [5.41, 5.74) is 3.19. The van der Waals surface area contributed by atoms with Crippen molar-refractivity contribution in [3.63, 3.8) is 0 Å². The predicted molar refractivity (Wildman–Crippen MR) is 113 cm³/mol. The van der Waals surface area contributed by atoms with E-state index in [2.05, 4.69) is 15.5 Å². The van der Waals surface area contributed by atoms with Gasteiger partial charge in [0.25, 0.3) is 0 Å². The Bertz CT molecular complexity index is 1130. The lowest BCUT2D eigenvalue weighted by atomic mass is 10.1. The van der Waals surface area contributed by atoms with E-state index in [4.69, 9.17) is 0 Å². The second-order valence-corrected chi connectivity index (χ2v) is 7.98. The molecule has 0 bridgehead atoms. The Balaban J connectivity index is 1.37. The van der Waals surface area contributed by atoms with Gasteiger partial charge >= 0.3 is 11.8 Å². The number of hydrogen-bond acceptors (Lipinski definition) is 4. The smallest absolute Gasteiger partial charge is 0.313 e. The van der Waals surface area contributed by atoms with Crippen molar-refractivity contribution < 1.29 is 14.0 Å². The Morgan fingerprint density at radius 1 is 1.13 bits per heavy atom. The van der Waals surface area contributed by atoms with Crippen molar-refractivity contribution in [3.05, 3.63) is 59.4 Å². The molecule has 4 rings (SSSR count). The summed E-state index contributed by atoms with van der Waals surface area (Å²) in [5.74, 6) is -1.92. The van der Waals surface area contributed by atoms with Crippen LogP contribution >= 0.6 is 0 Å². The van der Waals surface area contributed by atoms with Crippen LogP contribution in [0.15, 0.2) is 36.7 Å². The molecular formula is C22H25FN6O2. The first-order valence-corrected chi connectivity index (χ1v) is 10.3. The zero-order valence-electron chi connectivity index (χ0n) is 17.8. The monoisotopic (exact) mass is 424 g/mol. The molecule has 1 saturated heterocycles. The molecule has 2 amide bonds. The number of benzene rings is 1. The van der Waals surface area contributed by atoms with E-state index in [0.717, 1.165) is 29.8 Å². The van der Waals surface area contributed by atoms with E-state index < -0.39 is 17.6 Å². The Morgan fingerprint density at radius 3 is 2.45 bits per heavy atom. The van der Waals surface area contributed by atoms with Gasteiger partial charge in [0, 0.05) is 30.7 Å². The first-order chi connectivity index (χ1) is 14.8. The number of aryl methyl sites for hydroxylation is 3. The third-order valence-electron chi connectivity index (χ3n) is 5.49. The molecular weight excluding hydrogens is 399 g/mol. The van der Waals surface area contributed by atoms with Crippen LogP contribution in [0, 0.1) is 26.6 Å². The van der Waals surface area contributed by atoms with Crippen LogP contribution in [-0.2, 0) is 9.59 Å². The van der Waals surface area contributed by atoms with Crippen LogP contribution in [0.25, 0.3) is 5.69 Å². The molecule has 9 heteroatoms. The maximum atomic E-state index is 14.6. The molecule has 1 fully saturated rings. The minimum Gasteiger partial charge on any atom is -0.334 e. The number of rotatable bonds is 3. The summed E-state index contributed by atoms with van der Waals surface area (Å²) in [7, 11) is 0. The molecule has 3 aromatic rings. The fraction of sp³-hybridized carbons (Fsp3) is 0.364. The van der Waals surface area contributed by atoms with Crippen molar-refractivity contribution in [2.45, 2.75) is 39.7 Å². The number of carbonyl (C=O) groups is 2. The number of piperidine rings is 1. The number of hydrogen-bond donors (Lipinski definition) is 1. The zero-order valence-corrected chi connectivity index (χ0v) is 17.8. The molecule has 0 aliphatic carbocycles. The van der Waals surface area contributed by atoms with E-state index in [1.165, 1.54) is 21.7 Å². The van der Waals surface area contributed by atoms with Gasteiger partial charge in [-0.05, 0) is 63.4 Å². The van der Waals surface area contributed by atoms with Gasteiger partial charge in [-0.15, -0.1) is 0 Å². The summed E-state index contributed by atoms with van der Waals surface area (Å²) in [6.07, 6.45) is 5.25. The molecule has 1 aromatic carbocycles. The minimum absolute atomic E-state index is 0.219. The third-order valence-corrected chi connectivity index (χ3v) is 5.49. The Morgan fingerprint density at radius 2 is 1.87 bits per heavy atom. The average Bonchev–Trinajstić information content (AvgIpc) is 3.32. The lowest BCUT2D eigenvalue weighted by molar-refractivity contribution is -0.144. The Kier molecular flexibility index (Phi) is 5.58. The summed E-state index contributed by atoms with van der Waals surface area (Å²) in [6, 6.07) is 6.36. The quantitative estimate of drug-likeness (QED) is 0.655. The van der Waals surface area contributed by atoms with Crippen molar-refractivity contribution in [2.24, 2.45) is 0 Å². The van der Waals surface area contributed by atoms with Crippen LogP contribution in [0.5, 0.6) is 0 Å². The van der Waals surface area contributed by atoms with Crippen LogP contribution in [-0.4, -0.2) is 49.4 Å². The Labute approximate surface area is 179 Å². The molecule has 0 atom stereocenters. The van der Waals surface area contributed by atoms with E-state index in [0.29, 0.717) is 13.1 Å². The highest BCUT2D eigenvalue weighted by Crippen LogP contribution is 2.23. The summed E-state index contributed by atoms with van der Waals surface area (Å²) in [4.78, 5) is 26.5. The number of nitrogens with one attached hydrogen (secondary N) is 1. The van der Waals surface area contributed by atoms with Crippen LogP contribution < -0.4 is 5.32 Å². The second-order valence-electron chi connectivity index (χ2n) is 7.98. The highest BCUT2D eigenvalue weighted by atomic mass is 19.1. The van der Waals surface area contributed by atoms with Crippen molar-refractivity contribution in [3.8, 4) is 5.69 Å². The average molecular weight is 424 g/mol. The molecule has 1 N–H and O–H groups in total. The molecule has 0 unspecified atom stereocenters. The number of halogens is 1. The van der Waals surface area contributed by atoms with Crippen molar-refractivity contribution in [1.29, 1.82) is 0 Å². The van der Waals surface area contributed by atoms with E-state index in [1.54, 1.807) is 6.07 Å². The van der Waals surface area contributed by atoms with Gasteiger partial charge in [0.2, 0.25) is 0 Å². The van der Waals surface area contributed by atoms with Crippen molar-refractivity contribution in [1.82, 2.24) is 24.5 Å². The van der Waals surface area contributed by atoms with Crippen molar-refractivity contribution >= 4 is 17.5 Å². The third kappa shape index (κ3) is 4.35. The van der Waals surface area contributed by atoms with Gasteiger partial charge in [-0.2, -0.15) is 10.2 Å². The molecule has 31 heavy (non-hydrogen) atoms. The number of nitrogens with zero attached hydrogens (tertiary/aromatic N) is 5. The largest absolute Gasteiger partial charge is 0.334 e. The van der Waals surface area contributed by atoms with Crippen molar-refractivity contribution in [2.75, 3.05) is 18.4 Å². The second kappa shape index (κ2) is 8.33. The number of carbonyl (C=O) groups excluding carboxylic acids is 2. The first kappa shape index (κ1) is 20.8. The SMILES string of the molecule is Cc1cnn(C2CCN(C(=O)C(=O)Nc3ccc(-n4nc(C)cc4C)c(F)c3)CC2)c1.